The molecule has 0 heterocycles. The van der Waals surface area contributed by atoms with E-state index in [4.69, 9.17) is 10.2 Å². The third-order valence-corrected chi connectivity index (χ3v) is 1.56. The molecular formula is C7H12O2. The van der Waals surface area contributed by atoms with Gasteiger partial charge in [0.15, 0.2) is 0 Å². The van der Waals surface area contributed by atoms with Crippen LogP contribution in [-0.4, -0.2) is 22.4 Å². The molecule has 0 saturated heterocycles. The minimum absolute atomic E-state index is 0.331. The Labute approximate surface area is 54.8 Å². The monoisotopic (exact) mass is 128 g/mol. The first-order chi connectivity index (χ1) is 4.29. The number of rotatable bonds is 0. The molecule has 52 valence electrons. The lowest BCUT2D eigenvalue weighted by Gasteiger charge is -1.99. The second kappa shape index (κ2) is 2.99. The van der Waals surface area contributed by atoms with Crippen molar-refractivity contribution in [3.8, 4) is 0 Å². The molecule has 0 aromatic rings. The van der Waals surface area contributed by atoms with Crippen LogP contribution in [0.15, 0.2) is 12.2 Å². The van der Waals surface area contributed by atoms with Crippen LogP contribution in [0.5, 0.6) is 0 Å². The van der Waals surface area contributed by atoms with Crippen LogP contribution < -0.4 is 0 Å². The van der Waals surface area contributed by atoms with Crippen molar-refractivity contribution in [2.24, 2.45) is 0 Å². The molecule has 0 aromatic carbocycles. The summed E-state index contributed by atoms with van der Waals surface area (Å²) < 4.78 is 0. The fraction of sp³-hybridized carbons (Fsp3) is 0.714. The van der Waals surface area contributed by atoms with E-state index in [1.807, 2.05) is 0 Å². The molecule has 2 atom stereocenters. The summed E-state index contributed by atoms with van der Waals surface area (Å²) in [5.41, 5.74) is 0. The van der Waals surface area contributed by atoms with Crippen LogP contribution in [0.3, 0.4) is 0 Å². The minimum atomic E-state index is -0.331. The van der Waals surface area contributed by atoms with E-state index in [9.17, 15) is 0 Å². The second-order valence-corrected chi connectivity index (χ2v) is 2.45. The van der Waals surface area contributed by atoms with Crippen molar-refractivity contribution in [2.45, 2.75) is 31.5 Å². The number of hydrogen-bond donors (Lipinski definition) is 2. The average molecular weight is 128 g/mol. The van der Waals surface area contributed by atoms with E-state index >= 15 is 0 Å². The van der Waals surface area contributed by atoms with Crippen molar-refractivity contribution in [1.29, 1.82) is 0 Å². The molecule has 9 heavy (non-hydrogen) atoms. The summed E-state index contributed by atoms with van der Waals surface area (Å²) in [5, 5.41) is 18.0. The lowest BCUT2D eigenvalue weighted by atomic mass is 10.2. The largest absolute Gasteiger partial charge is 0.389 e. The van der Waals surface area contributed by atoms with E-state index in [0.717, 1.165) is 19.3 Å². The lowest BCUT2D eigenvalue weighted by molar-refractivity contribution is 0.197. The predicted octanol–water partition coefficient (Wildman–Crippen LogP) is 0.448. The first-order valence-electron chi connectivity index (χ1n) is 3.33. The molecule has 2 N–H and O–H groups in total. The third-order valence-electron chi connectivity index (χ3n) is 1.56. The highest BCUT2D eigenvalue weighted by Crippen LogP contribution is 2.10. The molecule has 0 saturated carbocycles. The molecule has 0 radical (unpaired) electrons. The maximum Gasteiger partial charge on any atom is 0.0721 e. The van der Waals surface area contributed by atoms with Crippen LogP contribution >= 0.6 is 0 Å². The van der Waals surface area contributed by atoms with E-state index in [1.54, 1.807) is 12.2 Å². The van der Waals surface area contributed by atoms with Crippen LogP contribution in [0.4, 0.5) is 0 Å². The fourth-order valence-electron chi connectivity index (χ4n) is 0.985. The quantitative estimate of drug-likeness (QED) is 0.465. The molecule has 1 rings (SSSR count). The summed E-state index contributed by atoms with van der Waals surface area (Å²) in [5.74, 6) is 0. The molecule has 1 aliphatic rings. The molecule has 2 nitrogen and oxygen atoms in total. The number of hydrogen-bond acceptors (Lipinski definition) is 2. The molecule has 2 unspecified atom stereocenters. The summed E-state index contributed by atoms with van der Waals surface area (Å²) >= 11 is 0. The van der Waals surface area contributed by atoms with Gasteiger partial charge < -0.3 is 10.2 Å². The van der Waals surface area contributed by atoms with Crippen molar-refractivity contribution in [3.63, 3.8) is 0 Å². The first kappa shape index (κ1) is 6.78. The van der Waals surface area contributed by atoms with Gasteiger partial charge >= 0.3 is 0 Å². The smallest absolute Gasteiger partial charge is 0.0721 e. The van der Waals surface area contributed by atoms with Gasteiger partial charge in [0.2, 0.25) is 0 Å². The average Bonchev–Trinajstić information content (AvgIpc) is 1.97. The Morgan fingerprint density at radius 2 is 1.44 bits per heavy atom. The minimum Gasteiger partial charge on any atom is -0.389 e. The van der Waals surface area contributed by atoms with E-state index in [1.165, 1.54) is 0 Å². The molecule has 0 aliphatic heterocycles. The second-order valence-electron chi connectivity index (χ2n) is 2.45. The molecule has 1 aliphatic carbocycles. The summed E-state index contributed by atoms with van der Waals surface area (Å²) in [6, 6.07) is 0. The van der Waals surface area contributed by atoms with E-state index in [0.29, 0.717) is 0 Å². The van der Waals surface area contributed by atoms with Crippen LogP contribution in [0.25, 0.3) is 0 Å². The van der Waals surface area contributed by atoms with Gasteiger partial charge in [-0.25, -0.2) is 0 Å². The van der Waals surface area contributed by atoms with Gasteiger partial charge in [0.05, 0.1) is 12.2 Å². The normalized spacial score (nSPS) is 36.2. The van der Waals surface area contributed by atoms with Crippen LogP contribution in [-0.2, 0) is 0 Å². The molecular weight excluding hydrogens is 116 g/mol. The van der Waals surface area contributed by atoms with Gasteiger partial charge in [-0.15, -0.1) is 0 Å². The van der Waals surface area contributed by atoms with Crippen LogP contribution in [0.1, 0.15) is 19.3 Å². The zero-order valence-corrected chi connectivity index (χ0v) is 5.33. The van der Waals surface area contributed by atoms with Gasteiger partial charge in [0.1, 0.15) is 0 Å². The molecule has 0 amide bonds. The fourth-order valence-corrected chi connectivity index (χ4v) is 0.985. The van der Waals surface area contributed by atoms with Crippen LogP contribution in [0, 0.1) is 0 Å². The van der Waals surface area contributed by atoms with Gasteiger partial charge in [0.25, 0.3) is 0 Å². The molecule has 0 spiro atoms. The highest BCUT2D eigenvalue weighted by molar-refractivity contribution is 4.96. The van der Waals surface area contributed by atoms with Crippen molar-refractivity contribution in [2.75, 3.05) is 0 Å². The highest BCUT2D eigenvalue weighted by Gasteiger charge is 2.07. The van der Waals surface area contributed by atoms with Gasteiger partial charge in [-0.3, -0.25) is 0 Å². The van der Waals surface area contributed by atoms with Crippen LogP contribution in [0.2, 0.25) is 0 Å². The van der Waals surface area contributed by atoms with Crippen molar-refractivity contribution < 1.29 is 10.2 Å². The third kappa shape index (κ3) is 2.16. The molecule has 0 fully saturated rings. The van der Waals surface area contributed by atoms with Gasteiger partial charge in [-0.2, -0.15) is 0 Å². The maximum absolute atomic E-state index is 9.01. The Morgan fingerprint density at radius 3 is 1.89 bits per heavy atom. The Morgan fingerprint density at radius 1 is 1.00 bits per heavy atom. The van der Waals surface area contributed by atoms with Crippen molar-refractivity contribution >= 4 is 0 Å². The van der Waals surface area contributed by atoms with Gasteiger partial charge in [-0.05, 0) is 19.3 Å². The Hall–Kier alpha value is -0.340. The Balaban J connectivity index is 2.43. The van der Waals surface area contributed by atoms with Gasteiger partial charge in [-0.1, -0.05) is 12.2 Å². The van der Waals surface area contributed by atoms with Crippen molar-refractivity contribution in [3.05, 3.63) is 12.2 Å². The highest BCUT2D eigenvalue weighted by atomic mass is 16.3. The summed E-state index contributed by atoms with van der Waals surface area (Å²) in [6.45, 7) is 0. The zero-order valence-electron chi connectivity index (χ0n) is 5.33. The summed E-state index contributed by atoms with van der Waals surface area (Å²) in [4.78, 5) is 0. The summed E-state index contributed by atoms with van der Waals surface area (Å²) in [7, 11) is 0. The topological polar surface area (TPSA) is 40.5 Å². The van der Waals surface area contributed by atoms with E-state index in [2.05, 4.69) is 0 Å². The zero-order chi connectivity index (χ0) is 6.69. The Kier molecular flexibility index (Phi) is 2.25. The van der Waals surface area contributed by atoms with E-state index in [-0.39, 0.29) is 12.2 Å². The number of aliphatic hydroxyl groups is 2. The first-order valence-corrected chi connectivity index (χ1v) is 3.33. The van der Waals surface area contributed by atoms with Crippen molar-refractivity contribution in [1.82, 2.24) is 0 Å². The van der Waals surface area contributed by atoms with E-state index < -0.39 is 0 Å². The number of aliphatic hydroxyl groups excluding tert-OH is 2. The Bertz CT molecular complexity index is 97.5. The lowest BCUT2D eigenvalue weighted by Crippen LogP contribution is -1.98. The molecule has 0 aromatic heterocycles. The predicted molar refractivity (Wildman–Crippen MR) is 35.0 cm³/mol. The maximum atomic E-state index is 9.01. The molecule has 0 bridgehead atoms. The van der Waals surface area contributed by atoms with Gasteiger partial charge in [0, 0.05) is 0 Å². The molecule has 2 heteroatoms. The standard InChI is InChI=1S/C7H12O2/c8-6-2-1-3-7(9)5-4-6/h4-9H,1-3H2. The SMILES string of the molecule is OC1C=CC(O)CCC1. The summed E-state index contributed by atoms with van der Waals surface area (Å²) in [6.07, 6.45) is 5.15.